The number of anilines is 2. The van der Waals surface area contributed by atoms with Gasteiger partial charge in [0, 0.05) is 50.2 Å². The molecule has 286 valence electrons. The number of nitrogens with one attached hydrogen (secondary N) is 1. The number of methoxy groups -OCH3 is 1. The Morgan fingerprint density at radius 3 is 1.96 bits per heavy atom. The summed E-state index contributed by atoms with van der Waals surface area (Å²) in [5, 5.41) is 2.45. The van der Waals surface area contributed by atoms with Crippen molar-refractivity contribution in [1.82, 2.24) is 10.2 Å². The molecule has 4 aliphatic rings. The summed E-state index contributed by atoms with van der Waals surface area (Å²) in [5.41, 5.74) is 4.01. The normalized spacial score (nSPS) is 20.6. The monoisotopic (exact) mass is 756 g/mol. The molecule has 0 aliphatic carbocycles. The van der Waals surface area contributed by atoms with Crippen LogP contribution in [0.3, 0.4) is 0 Å². The number of hydrogen-bond donors (Lipinski definition) is 1. The molecule has 0 aromatic heterocycles. The van der Waals surface area contributed by atoms with Crippen LogP contribution >= 0.6 is 0 Å². The van der Waals surface area contributed by atoms with Gasteiger partial charge < -0.3 is 19.3 Å². The maximum atomic E-state index is 14.0. The highest BCUT2D eigenvalue weighted by Gasteiger charge is 2.42. The number of imide groups is 2. The van der Waals surface area contributed by atoms with Crippen LogP contribution < -0.4 is 24.6 Å². The van der Waals surface area contributed by atoms with Gasteiger partial charge in [0.15, 0.2) is 11.5 Å². The molecule has 12 nitrogen and oxygen atoms in total. The number of benzene rings is 3. The minimum absolute atomic E-state index is 0.201. The largest absolute Gasteiger partial charge is 0.493 e. The molecule has 0 spiro atoms. The Hall–Kier alpha value is -4.91. The summed E-state index contributed by atoms with van der Waals surface area (Å²) in [6.45, 7) is 5.83. The second kappa shape index (κ2) is 15.4. The Bertz CT molecular complexity index is 2040. The third-order valence-electron chi connectivity index (χ3n) is 11.6. The van der Waals surface area contributed by atoms with E-state index in [0.29, 0.717) is 48.3 Å². The average molecular weight is 757 g/mol. The zero-order valence-electron chi connectivity index (χ0n) is 31.1. The third-order valence-corrected chi connectivity index (χ3v) is 12.5. The van der Waals surface area contributed by atoms with Gasteiger partial charge in [0.1, 0.15) is 9.84 Å². The van der Waals surface area contributed by atoms with Crippen molar-refractivity contribution in [2.24, 2.45) is 11.8 Å². The van der Waals surface area contributed by atoms with Gasteiger partial charge in [0.2, 0.25) is 11.8 Å². The second-order valence-electron chi connectivity index (χ2n) is 14.9. The summed E-state index contributed by atoms with van der Waals surface area (Å²) in [4.78, 5) is 57.4. The van der Waals surface area contributed by atoms with E-state index in [4.69, 9.17) is 9.47 Å². The Kier molecular flexibility index (Phi) is 10.7. The van der Waals surface area contributed by atoms with E-state index in [2.05, 4.69) is 27.2 Å². The van der Waals surface area contributed by atoms with E-state index in [9.17, 15) is 27.6 Å². The van der Waals surface area contributed by atoms with Gasteiger partial charge in [-0.15, -0.1) is 0 Å². The number of nitrogens with zero attached hydrogens (tertiary/aromatic N) is 3. The lowest BCUT2D eigenvalue weighted by Crippen LogP contribution is -2.41. The van der Waals surface area contributed by atoms with Crippen LogP contribution in [0.25, 0.3) is 0 Å². The summed E-state index contributed by atoms with van der Waals surface area (Å²) in [5.74, 6) is -0.0261. The number of carbonyl (C=O) groups excluding carboxylic acids is 4. The highest BCUT2D eigenvalue weighted by molar-refractivity contribution is 7.90. The molecular formula is C41H48N4O8S. The van der Waals surface area contributed by atoms with E-state index in [1.54, 1.807) is 30.3 Å². The molecule has 4 amide bonds. The second-order valence-corrected chi connectivity index (χ2v) is 17.1. The van der Waals surface area contributed by atoms with Crippen LogP contribution in [-0.4, -0.2) is 88.9 Å². The molecule has 1 N–H and O–H groups in total. The first-order valence-corrected chi connectivity index (χ1v) is 20.9. The molecular weight excluding hydrogens is 709 g/mol. The maximum Gasteiger partial charge on any atom is 0.262 e. The zero-order chi connectivity index (χ0) is 38.1. The summed E-state index contributed by atoms with van der Waals surface area (Å²) in [6, 6.07) is 17.5. The third kappa shape index (κ3) is 7.69. The first-order valence-electron chi connectivity index (χ1n) is 18.9. The van der Waals surface area contributed by atoms with E-state index < -0.39 is 33.4 Å². The van der Waals surface area contributed by atoms with Crippen LogP contribution in [-0.2, 0) is 19.4 Å². The molecule has 0 bridgehead atoms. The standard InChI is InChI=1S/C41H48N4O8S/c1-4-53-37-23-29(7-13-36(37)52-2)35(25-54(3,50)51)45-40(48)33-11-10-31(24-34(33)41(45)49)44-21-17-27(18-22-44)26-15-19-43(20-16-26)30-8-5-28(6-9-30)32-12-14-38(46)42-39(32)47/h5-11,13,23-24,26-27,32,35H,4,12,14-22,25H2,1-3H3,(H,42,46,47)/t32?,35-/m1/s1. The van der Waals surface area contributed by atoms with Crippen LogP contribution in [0.2, 0.25) is 0 Å². The highest BCUT2D eigenvalue weighted by Crippen LogP contribution is 2.40. The Labute approximate surface area is 316 Å². The van der Waals surface area contributed by atoms with E-state index in [-0.39, 0.29) is 28.9 Å². The average Bonchev–Trinajstić information content (AvgIpc) is 3.42. The van der Waals surface area contributed by atoms with Crippen LogP contribution in [0.4, 0.5) is 11.4 Å². The first kappa shape index (κ1) is 37.4. The van der Waals surface area contributed by atoms with Gasteiger partial charge in [-0.25, -0.2) is 8.42 Å². The predicted octanol–water partition coefficient (Wildman–Crippen LogP) is 5.13. The molecule has 3 saturated heterocycles. The van der Waals surface area contributed by atoms with Crippen molar-refractivity contribution in [1.29, 1.82) is 0 Å². The van der Waals surface area contributed by atoms with Crippen molar-refractivity contribution >= 4 is 44.8 Å². The summed E-state index contributed by atoms with van der Waals surface area (Å²) < 4.78 is 36.3. The van der Waals surface area contributed by atoms with E-state index in [1.165, 1.54) is 7.11 Å². The van der Waals surface area contributed by atoms with Crippen molar-refractivity contribution in [2.45, 2.75) is 57.4 Å². The molecule has 54 heavy (non-hydrogen) atoms. The minimum Gasteiger partial charge on any atom is -0.493 e. The zero-order valence-corrected chi connectivity index (χ0v) is 31.9. The number of fused-ring (bicyclic) bond motifs is 1. The predicted molar refractivity (Wildman–Crippen MR) is 205 cm³/mol. The van der Waals surface area contributed by atoms with Crippen molar-refractivity contribution in [3.63, 3.8) is 0 Å². The smallest absolute Gasteiger partial charge is 0.262 e. The quantitative estimate of drug-likeness (QED) is 0.262. The number of ether oxygens (including phenoxy) is 2. The number of carbonyl (C=O) groups is 4. The van der Waals surface area contributed by atoms with Crippen molar-refractivity contribution in [3.05, 3.63) is 82.9 Å². The molecule has 4 aliphatic heterocycles. The fourth-order valence-corrected chi connectivity index (χ4v) is 9.60. The minimum atomic E-state index is -3.60. The molecule has 13 heteroatoms. The number of amides is 4. The van der Waals surface area contributed by atoms with Crippen molar-refractivity contribution < 1.29 is 37.1 Å². The van der Waals surface area contributed by atoms with Crippen molar-refractivity contribution in [3.8, 4) is 11.5 Å². The molecule has 7 rings (SSSR count). The number of rotatable bonds is 11. The molecule has 2 atom stereocenters. The number of sulfone groups is 1. The van der Waals surface area contributed by atoms with Gasteiger partial charge in [-0.2, -0.15) is 0 Å². The van der Waals surface area contributed by atoms with Crippen LogP contribution in [0.5, 0.6) is 11.5 Å². The number of piperidine rings is 3. The molecule has 3 aromatic rings. The van der Waals surface area contributed by atoms with Gasteiger partial charge in [-0.05, 0) is 104 Å². The fourth-order valence-electron chi connectivity index (χ4n) is 8.69. The highest BCUT2D eigenvalue weighted by atomic mass is 32.2. The molecule has 3 aromatic carbocycles. The Morgan fingerprint density at radius 1 is 0.759 bits per heavy atom. The molecule has 0 saturated carbocycles. The summed E-state index contributed by atoms with van der Waals surface area (Å²) in [7, 11) is -2.09. The van der Waals surface area contributed by atoms with Gasteiger partial charge in [-0.3, -0.25) is 29.4 Å². The lowest BCUT2D eigenvalue weighted by Gasteiger charge is -2.41. The Morgan fingerprint density at radius 2 is 1.37 bits per heavy atom. The van der Waals surface area contributed by atoms with Gasteiger partial charge in [0.25, 0.3) is 11.8 Å². The van der Waals surface area contributed by atoms with Gasteiger partial charge in [0.05, 0.1) is 42.6 Å². The lowest BCUT2D eigenvalue weighted by atomic mass is 9.78. The summed E-state index contributed by atoms with van der Waals surface area (Å²) >= 11 is 0. The fraction of sp³-hybridized carbons (Fsp3) is 0.463. The maximum absolute atomic E-state index is 14.0. The Balaban J connectivity index is 0.973. The molecule has 1 unspecified atom stereocenters. The molecule has 3 fully saturated rings. The summed E-state index contributed by atoms with van der Waals surface area (Å²) in [6.07, 6.45) is 6.32. The van der Waals surface area contributed by atoms with Gasteiger partial charge in [-0.1, -0.05) is 18.2 Å². The first-order chi connectivity index (χ1) is 25.9. The van der Waals surface area contributed by atoms with E-state index in [1.807, 2.05) is 25.1 Å². The van der Waals surface area contributed by atoms with Crippen LogP contribution in [0.1, 0.15) is 89.3 Å². The van der Waals surface area contributed by atoms with Gasteiger partial charge >= 0.3 is 0 Å². The lowest BCUT2D eigenvalue weighted by molar-refractivity contribution is -0.134. The molecule has 4 heterocycles. The topological polar surface area (TPSA) is 143 Å². The van der Waals surface area contributed by atoms with E-state index >= 15 is 0 Å². The van der Waals surface area contributed by atoms with Crippen molar-refractivity contribution in [2.75, 3.05) is 61.7 Å². The SMILES string of the molecule is CCOc1cc([C@@H](CS(C)(=O)=O)N2C(=O)c3ccc(N4CCC(C5CCN(c6ccc(C7CCC(=O)NC7=O)cc6)CC5)CC4)cc3C2=O)ccc1OC. The number of hydrogen-bond acceptors (Lipinski definition) is 10. The van der Waals surface area contributed by atoms with E-state index in [0.717, 1.165) is 80.0 Å². The molecule has 0 radical (unpaired) electrons. The van der Waals surface area contributed by atoms with Crippen LogP contribution in [0, 0.1) is 11.8 Å². The van der Waals surface area contributed by atoms with Crippen LogP contribution in [0.15, 0.2) is 60.7 Å².